The van der Waals surface area contributed by atoms with Crippen LogP contribution in [0.15, 0.2) is 36.5 Å². The van der Waals surface area contributed by atoms with E-state index in [0.29, 0.717) is 5.92 Å². The lowest BCUT2D eigenvalue weighted by atomic mass is 10.1. The van der Waals surface area contributed by atoms with E-state index in [9.17, 15) is 4.79 Å². The molecule has 0 saturated heterocycles. The number of allylic oxidation sites excluding steroid dienone is 3. The second kappa shape index (κ2) is 6.92. The molecule has 0 spiro atoms. The van der Waals surface area contributed by atoms with Crippen LogP contribution in [0.5, 0.6) is 0 Å². The first-order chi connectivity index (χ1) is 9.34. The van der Waals surface area contributed by atoms with Gasteiger partial charge in [0.05, 0.1) is 5.92 Å². The predicted octanol–water partition coefficient (Wildman–Crippen LogP) is 4.68. The summed E-state index contributed by atoms with van der Waals surface area (Å²) in [7, 11) is 0. The van der Waals surface area contributed by atoms with E-state index in [1.807, 2.05) is 12.2 Å². The van der Waals surface area contributed by atoms with Gasteiger partial charge in [0.1, 0.15) is 6.10 Å². The van der Waals surface area contributed by atoms with E-state index in [1.165, 1.54) is 5.57 Å². The van der Waals surface area contributed by atoms with Crippen molar-refractivity contribution in [2.24, 2.45) is 17.3 Å². The van der Waals surface area contributed by atoms with Gasteiger partial charge in [0.2, 0.25) is 0 Å². The molecule has 0 aromatic carbocycles. The minimum Gasteiger partial charge on any atom is -0.454 e. The number of ether oxygens (including phenoxy) is 1. The molecule has 0 bridgehead atoms. The Hall–Kier alpha value is -1.31. The predicted molar refractivity (Wildman–Crippen MR) is 84.3 cm³/mol. The Balaban J connectivity index is 2.63. The summed E-state index contributed by atoms with van der Waals surface area (Å²) in [5, 5.41) is 0. The first-order valence-corrected chi connectivity index (χ1v) is 7.49. The molecule has 112 valence electrons. The van der Waals surface area contributed by atoms with Crippen LogP contribution in [0.2, 0.25) is 0 Å². The van der Waals surface area contributed by atoms with Crippen molar-refractivity contribution in [3.8, 4) is 0 Å². The molecule has 1 saturated carbocycles. The third kappa shape index (κ3) is 4.09. The quantitative estimate of drug-likeness (QED) is 0.498. The summed E-state index contributed by atoms with van der Waals surface area (Å²) in [6.07, 6.45) is 9.60. The summed E-state index contributed by atoms with van der Waals surface area (Å²) in [6, 6.07) is 0. The molecule has 0 radical (unpaired) electrons. The van der Waals surface area contributed by atoms with Gasteiger partial charge >= 0.3 is 5.97 Å². The number of hydrogen-bond donors (Lipinski definition) is 0. The lowest BCUT2D eigenvalue weighted by Gasteiger charge is -2.10. The van der Waals surface area contributed by atoms with E-state index in [-0.39, 0.29) is 23.4 Å². The van der Waals surface area contributed by atoms with Crippen LogP contribution in [-0.2, 0) is 9.53 Å². The van der Waals surface area contributed by atoms with Gasteiger partial charge in [-0.1, -0.05) is 51.5 Å². The van der Waals surface area contributed by atoms with Crippen LogP contribution in [0.25, 0.3) is 0 Å². The number of rotatable bonds is 7. The third-order valence-corrected chi connectivity index (χ3v) is 3.94. The fraction of sp³-hybridized carbons (Fsp3) is 0.611. The normalized spacial score (nSPS) is 25.1. The maximum atomic E-state index is 12.3. The molecule has 3 atom stereocenters. The first kappa shape index (κ1) is 16.7. The maximum absolute atomic E-state index is 12.3. The molecule has 2 heteroatoms. The van der Waals surface area contributed by atoms with Gasteiger partial charge in [0, 0.05) is 0 Å². The first-order valence-electron chi connectivity index (χ1n) is 7.49. The topological polar surface area (TPSA) is 26.3 Å². The Morgan fingerprint density at radius 1 is 1.40 bits per heavy atom. The Kier molecular flexibility index (Phi) is 5.79. The average Bonchev–Trinajstić information content (AvgIpc) is 2.88. The van der Waals surface area contributed by atoms with Crippen molar-refractivity contribution in [3.05, 3.63) is 36.5 Å². The highest BCUT2D eigenvalue weighted by Gasteiger charge is 2.61. The van der Waals surface area contributed by atoms with E-state index >= 15 is 0 Å². The summed E-state index contributed by atoms with van der Waals surface area (Å²) in [4.78, 5) is 12.3. The number of carbonyl (C=O) groups is 1. The number of hydrogen-bond acceptors (Lipinski definition) is 2. The van der Waals surface area contributed by atoms with Gasteiger partial charge in [0.25, 0.3) is 0 Å². The molecule has 0 amide bonds. The van der Waals surface area contributed by atoms with E-state index in [1.54, 1.807) is 6.08 Å². The van der Waals surface area contributed by atoms with Crippen molar-refractivity contribution in [1.82, 2.24) is 0 Å². The van der Waals surface area contributed by atoms with Crippen molar-refractivity contribution in [1.29, 1.82) is 0 Å². The molecule has 0 N–H and O–H groups in total. The molecule has 20 heavy (non-hydrogen) atoms. The lowest BCUT2D eigenvalue weighted by Crippen LogP contribution is -2.17. The van der Waals surface area contributed by atoms with Crippen molar-refractivity contribution in [2.45, 2.75) is 53.6 Å². The molecule has 1 fully saturated rings. The Labute approximate surface area is 123 Å². The molecule has 0 aromatic heterocycles. The smallest absolute Gasteiger partial charge is 0.311 e. The van der Waals surface area contributed by atoms with Gasteiger partial charge in [-0.05, 0) is 43.8 Å². The standard InChI is InChI=1S/C18H28O2/c1-7-9-10-11-14(8-2)20-17(19)16-15(12-13(3)4)18(16,5)6/h8,10-12,14-16H,2,7,9H2,1,3-6H3. The third-order valence-electron chi connectivity index (χ3n) is 3.94. The summed E-state index contributed by atoms with van der Waals surface area (Å²) in [5.74, 6) is 0.160. The van der Waals surface area contributed by atoms with E-state index < -0.39 is 0 Å². The zero-order chi connectivity index (χ0) is 15.3. The number of carbonyl (C=O) groups excluding carboxylic acids is 1. The summed E-state index contributed by atoms with van der Waals surface area (Å²) in [6.45, 7) is 14.2. The van der Waals surface area contributed by atoms with Crippen LogP contribution in [-0.4, -0.2) is 12.1 Å². The Morgan fingerprint density at radius 3 is 2.55 bits per heavy atom. The molecule has 1 aliphatic carbocycles. The van der Waals surface area contributed by atoms with Crippen LogP contribution >= 0.6 is 0 Å². The second-order valence-electron chi connectivity index (χ2n) is 6.42. The van der Waals surface area contributed by atoms with Gasteiger partial charge < -0.3 is 4.74 Å². The highest BCUT2D eigenvalue weighted by molar-refractivity contribution is 5.78. The summed E-state index contributed by atoms with van der Waals surface area (Å²) >= 11 is 0. The van der Waals surface area contributed by atoms with Crippen molar-refractivity contribution < 1.29 is 9.53 Å². The van der Waals surface area contributed by atoms with Crippen molar-refractivity contribution >= 4 is 5.97 Å². The van der Waals surface area contributed by atoms with E-state index in [0.717, 1.165) is 12.8 Å². The van der Waals surface area contributed by atoms with Gasteiger partial charge in [-0.2, -0.15) is 0 Å². The zero-order valence-electron chi connectivity index (χ0n) is 13.5. The average molecular weight is 276 g/mol. The van der Waals surface area contributed by atoms with Crippen LogP contribution in [0.1, 0.15) is 47.5 Å². The zero-order valence-corrected chi connectivity index (χ0v) is 13.5. The van der Waals surface area contributed by atoms with Gasteiger partial charge in [-0.15, -0.1) is 0 Å². The molecule has 0 aliphatic heterocycles. The fourth-order valence-corrected chi connectivity index (χ4v) is 2.57. The second-order valence-corrected chi connectivity index (χ2v) is 6.42. The van der Waals surface area contributed by atoms with Crippen molar-refractivity contribution in [2.75, 3.05) is 0 Å². The van der Waals surface area contributed by atoms with Gasteiger partial charge in [0.15, 0.2) is 0 Å². The summed E-state index contributed by atoms with van der Waals surface area (Å²) < 4.78 is 5.54. The number of esters is 1. The highest BCUT2D eigenvalue weighted by Crippen LogP contribution is 2.59. The molecule has 1 aliphatic rings. The number of unbranched alkanes of at least 4 members (excludes halogenated alkanes) is 1. The van der Waals surface area contributed by atoms with Crippen LogP contribution in [0.3, 0.4) is 0 Å². The van der Waals surface area contributed by atoms with Crippen LogP contribution in [0.4, 0.5) is 0 Å². The lowest BCUT2D eigenvalue weighted by molar-refractivity contribution is -0.147. The molecule has 0 heterocycles. The molecular formula is C18H28O2. The Bertz CT molecular complexity index is 411. The monoisotopic (exact) mass is 276 g/mol. The molecule has 1 rings (SSSR count). The minimum absolute atomic E-state index is 0.00715. The van der Waals surface area contributed by atoms with Crippen LogP contribution in [0, 0.1) is 17.3 Å². The minimum atomic E-state index is -0.308. The maximum Gasteiger partial charge on any atom is 0.311 e. The Morgan fingerprint density at radius 2 is 2.05 bits per heavy atom. The van der Waals surface area contributed by atoms with Gasteiger partial charge in [-0.3, -0.25) is 4.79 Å². The summed E-state index contributed by atoms with van der Waals surface area (Å²) in [5.41, 5.74) is 1.26. The van der Waals surface area contributed by atoms with E-state index in [4.69, 9.17) is 4.74 Å². The largest absolute Gasteiger partial charge is 0.454 e. The molecule has 2 nitrogen and oxygen atoms in total. The van der Waals surface area contributed by atoms with Crippen LogP contribution < -0.4 is 0 Å². The SMILES string of the molecule is C=CC(C=CCCC)OC(=O)C1C(C=C(C)C)C1(C)C. The molecule has 0 aromatic rings. The van der Waals surface area contributed by atoms with Crippen molar-refractivity contribution in [3.63, 3.8) is 0 Å². The molecule has 3 unspecified atom stereocenters. The van der Waals surface area contributed by atoms with Gasteiger partial charge in [-0.25, -0.2) is 0 Å². The molecular weight excluding hydrogens is 248 g/mol. The highest BCUT2D eigenvalue weighted by atomic mass is 16.5. The fourth-order valence-electron chi connectivity index (χ4n) is 2.57. The van der Waals surface area contributed by atoms with E-state index in [2.05, 4.69) is 47.3 Å².